The van der Waals surface area contributed by atoms with E-state index in [0.717, 1.165) is 24.2 Å². The molecule has 1 fully saturated rings. The Kier molecular flexibility index (Phi) is 5.54. The van der Waals surface area contributed by atoms with E-state index in [9.17, 15) is 14.4 Å². The maximum absolute atomic E-state index is 12.5. The third-order valence-electron chi connectivity index (χ3n) is 3.94. The first-order valence-electron chi connectivity index (χ1n) is 8.87. The van der Waals surface area contributed by atoms with Crippen LogP contribution >= 0.6 is 0 Å². The zero-order valence-corrected chi connectivity index (χ0v) is 15.3. The van der Waals surface area contributed by atoms with Gasteiger partial charge >= 0.3 is 12.0 Å². The standard InChI is InChI=1S/C19H22N4O4/c1-12(2)20-19(26)21-17(24)11-27-18(25)16-10-15(13-8-9-13)22-23(16)14-6-4-3-5-7-14/h3-7,10,12-13H,8-9,11H2,1-2H3,(H2,20,21,24,26). The van der Waals surface area contributed by atoms with Crippen molar-refractivity contribution >= 4 is 17.9 Å². The number of carbonyl (C=O) groups excluding carboxylic acids is 3. The molecule has 1 aliphatic carbocycles. The average molecular weight is 370 g/mol. The highest BCUT2D eigenvalue weighted by Crippen LogP contribution is 2.39. The van der Waals surface area contributed by atoms with Gasteiger partial charge < -0.3 is 10.1 Å². The molecule has 1 aliphatic rings. The highest BCUT2D eigenvalue weighted by molar-refractivity contribution is 5.96. The van der Waals surface area contributed by atoms with Crippen molar-refractivity contribution < 1.29 is 19.1 Å². The van der Waals surface area contributed by atoms with Gasteiger partial charge in [0.1, 0.15) is 0 Å². The molecule has 1 heterocycles. The summed E-state index contributed by atoms with van der Waals surface area (Å²) in [5.74, 6) is -1.00. The number of ether oxygens (including phenoxy) is 1. The van der Waals surface area contributed by atoms with Gasteiger partial charge in [0.25, 0.3) is 5.91 Å². The van der Waals surface area contributed by atoms with Crippen LogP contribution in [-0.4, -0.2) is 40.3 Å². The molecule has 1 saturated carbocycles. The Balaban J connectivity index is 1.67. The van der Waals surface area contributed by atoms with E-state index in [-0.39, 0.29) is 11.7 Å². The van der Waals surface area contributed by atoms with Gasteiger partial charge in [0.15, 0.2) is 12.3 Å². The molecule has 2 N–H and O–H groups in total. The van der Waals surface area contributed by atoms with Gasteiger partial charge in [-0.15, -0.1) is 0 Å². The molecule has 3 rings (SSSR count). The Labute approximate surface area is 156 Å². The van der Waals surface area contributed by atoms with Crippen molar-refractivity contribution in [2.75, 3.05) is 6.61 Å². The second-order valence-corrected chi connectivity index (χ2v) is 6.73. The van der Waals surface area contributed by atoms with Crippen LogP contribution in [0.5, 0.6) is 0 Å². The zero-order chi connectivity index (χ0) is 19.4. The van der Waals surface area contributed by atoms with Gasteiger partial charge in [-0.3, -0.25) is 10.1 Å². The third kappa shape index (κ3) is 4.93. The van der Waals surface area contributed by atoms with E-state index in [4.69, 9.17) is 4.74 Å². The number of hydrogen-bond acceptors (Lipinski definition) is 5. The fourth-order valence-electron chi connectivity index (χ4n) is 2.56. The number of amides is 3. The van der Waals surface area contributed by atoms with Crippen LogP contribution < -0.4 is 10.6 Å². The minimum Gasteiger partial charge on any atom is -0.451 e. The summed E-state index contributed by atoms with van der Waals surface area (Å²) in [7, 11) is 0. The summed E-state index contributed by atoms with van der Waals surface area (Å²) in [4.78, 5) is 35.8. The van der Waals surface area contributed by atoms with Gasteiger partial charge in [-0.2, -0.15) is 5.10 Å². The predicted molar refractivity (Wildman–Crippen MR) is 97.6 cm³/mol. The summed E-state index contributed by atoms with van der Waals surface area (Å²) in [5, 5.41) is 9.15. The van der Waals surface area contributed by atoms with Crippen LogP contribution in [0.25, 0.3) is 5.69 Å². The molecule has 0 radical (unpaired) electrons. The van der Waals surface area contributed by atoms with Gasteiger partial charge in [0.2, 0.25) is 0 Å². The molecular weight excluding hydrogens is 348 g/mol. The summed E-state index contributed by atoms with van der Waals surface area (Å²) in [6.45, 7) is 2.99. The molecule has 3 amide bonds. The van der Waals surface area contributed by atoms with Gasteiger partial charge in [-0.05, 0) is 44.9 Å². The number of hydrogen-bond donors (Lipinski definition) is 2. The van der Waals surface area contributed by atoms with E-state index < -0.39 is 24.5 Å². The smallest absolute Gasteiger partial charge is 0.357 e. The topological polar surface area (TPSA) is 102 Å². The third-order valence-corrected chi connectivity index (χ3v) is 3.94. The second-order valence-electron chi connectivity index (χ2n) is 6.73. The van der Waals surface area contributed by atoms with Crippen LogP contribution in [0.1, 0.15) is 48.8 Å². The largest absolute Gasteiger partial charge is 0.451 e. The number of rotatable bonds is 6. The lowest BCUT2D eigenvalue weighted by atomic mass is 10.2. The first kappa shape index (κ1) is 18.6. The SMILES string of the molecule is CC(C)NC(=O)NC(=O)COC(=O)c1cc(C2CC2)nn1-c1ccccc1. The fraction of sp³-hybridized carbons (Fsp3) is 0.368. The summed E-state index contributed by atoms with van der Waals surface area (Å²) in [6, 6.07) is 10.2. The van der Waals surface area contributed by atoms with Crippen molar-refractivity contribution in [2.45, 2.75) is 38.6 Å². The lowest BCUT2D eigenvalue weighted by Crippen LogP contribution is -2.44. The van der Waals surface area contributed by atoms with Gasteiger partial charge in [-0.1, -0.05) is 18.2 Å². The van der Waals surface area contributed by atoms with Crippen molar-refractivity contribution in [1.82, 2.24) is 20.4 Å². The first-order valence-corrected chi connectivity index (χ1v) is 8.87. The molecule has 142 valence electrons. The Morgan fingerprint density at radius 2 is 1.93 bits per heavy atom. The van der Waals surface area contributed by atoms with E-state index in [0.29, 0.717) is 5.92 Å². The Bertz CT molecular complexity index is 841. The Morgan fingerprint density at radius 3 is 2.56 bits per heavy atom. The fourth-order valence-corrected chi connectivity index (χ4v) is 2.56. The van der Waals surface area contributed by atoms with Crippen LogP contribution in [0.15, 0.2) is 36.4 Å². The molecule has 0 aliphatic heterocycles. The Morgan fingerprint density at radius 1 is 1.22 bits per heavy atom. The second kappa shape index (κ2) is 8.03. The lowest BCUT2D eigenvalue weighted by Gasteiger charge is -2.10. The van der Waals surface area contributed by atoms with E-state index in [1.54, 1.807) is 19.9 Å². The van der Waals surface area contributed by atoms with Crippen LogP contribution in [0.3, 0.4) is 0 Å². The molecule has 0 atom stereocenters. The molecule has 0 spiro atoms. The number of aromatic nitrogens is 2. The van der Waals surface area contributed by atoms with Crippen LogP contribution in [0.2, 0.25) is 0 Å². The van der Waals surface area contributed by atoms with Crippen molar-refractivity contribution in [3.05, 3.63) is 47.8 Å². The number of nitrogens with one attached hydrogen (secondary N) is 2. The monoisotopic (exact) mass is 370 g/mol. The van der Waals surface area contributed by atoms with E-state index in [1.165, 1.54) is 4.68 Å². The summed E-state index contributed by atoms with van der Waals surface area (Å²) in [5.41, 5.74) is 1.83. The van der Waals surface area contributed by atoms with Crippen LogP contribution in [-0.2, 0) is 9.53 Å². The van der Waals surface area contributed by atoms with E-state index in [1.807, 2.05) is 30.3 Å². The lowest BCUT2D eigenvalue weighted by molar-refractivity contribution is -0.123. The number of esters is 1. The predicted octanol–water partition coefficient (Wildman–Crippen LogP) is 2.14. The maximum atomic E-state index is 12.5. The average Bonchev–Trinajstić information content (AvgIpc) is 3.38. The Hall–Kier alpha value is -3.16. The molecule has 27 heavy (non-hydrogen) atoms. The number of imide groups is 1. The van der Waals surface area contributed by atoms with Gasteiger partial charge in [0.05, 0.1) is 11.4 Å². The van der Waals surface area contributed by atoms with Crippen LogP contribution in [0.4, 0.5) is 4.79 Å². The van der Waals surface area contributed by atoms with Gasteiger partial charge in [-0.25, -0.2) is 14.3 Å². The quantitative estimate of drug-likeness (QED) is 0.759. The summed E-state index contributed by atoms with van der Waals surface area (Å²) < 4.78 is 6.61. The molecule has 0 unspecified atom stereocenters. The molecule has 1 aromatic heterocycles. The van der Waals surface area contributed by atoms with Gasteiger partial charge in [0, 0.05) is 12.0 Å². The number of para-hydroxylation sites is 1. The molecule has 1 aromatic carbocycles. The molecular formula is C19H22N4O4. The number of benzene rings is 1. The normalized spacial score (nSPS) is 13.3. The highest BCUT2D eigenvalue weighted by atomic mass is 16.5. The van der Waals surface area contributed by atoms with Crippen molar-refractivity contribution in [3.63, 3.8) is 0 Å². The molecule has 0 saturated heterocycles. The minimum atomic E-state index is -0.699. The maximum Gasteiger partial charge on any atom is 0.357 e. The molecule has 2 aromatic rings. The van der Waals surface area contributed by atoms with Crippen molar-refractivity contribution in [2.24, 2.45) is 0 Å². The number of carbonyl (C=O) groups is 3. The highest BCUT2D eigenvalue weighted by Gasteiger charge is 2.29. The summed E-state index contributed by atoms with van der Waals surface area (Å²) >= 11 is 0. The van der Waals surface area contributed by atoms with Crippen LogP contribution in [0, 0.1) is 0 Å². The van der Waals surface area contributed by atoms with Crippen molar-refractivity contribution in [1.29, 1.82) is 0 Å². The minimum absolute atomic E-state index is 0.110. The summed E-state index contributed by atoms with van der Waals surface area (Å²) in [6.07, 6.45) is 2.10. The number of urea groups is 1. The zero-order valence-electron chi connectivity index (χ0n) is 15.3. The molecule has 8 nitrogen and oxygen atoms in total. The van der Waals surface area contributed by atoms with Crippen molar-refractivity contribution in [3.8, 4) is 5.69 Å². The number of nitrogens with zero attached hydrogens (tertiary/aromatic N) is 2. The van der Waals surface area contributed by atoms with E-state index >= 15 is 0 Å². The first-order chi connectivity index (χ1) is 12.9. The molecule has 8 heteroatoms. The van der Waals surface area contributed by atoms with E-state index in [2.05, 4.69) is 15.7 Å². The molecule has 0 bridgehead atoms.